The second kappa shape index (κ2) is 66.7. The molecule has 0 radical (unpaired) electrons. The normalized spacial score (nSPS) is 25.6. The minimum Gasteiger partial charge on any atom is -0.463 e. The molecule has 3 aliphatic rings. The van der Waals surface area contributed by atoms with Gasteiger partial charge < -0.3 is 88.7 Å². The summed E-state index contributed by atoms with van der Waals surface area (Å²) in [6.45, 7) is 5.54. The number of carbonyl (C=O) groups excluding carboxylic acids is 4. The molecule has 18 atom stereocenters. The minimum atomic E-state index is -5.81. The Kier molecular flexibility index (Phi) is 61.5. The van der Waals surface area contributed by atoms with Crippen LogP contribution in [0.5, 0.6) is 0 Å². The molecule has 2 saturated heterocycles. The van der Waals surface area contributed by atoms with Gasteiger partial charge in [-0.1, -0.05) is 296 Å². The van der Waals surface area contributed by atoms with Crippen molar-refractivity contribution in [3.8, 4) is 0 Å². The molecule has 3 fully saturated rings. The van der Waals surface area contributed by atoms with Gasteiger partial charge in [0.05, 0.1) is 13.2 Å². The summed E-state index contributed by atoms with van der Waals surface area (Å²) in [5.41, 5.74) is 0. The molecule has 2 heterocycles. The van der Waals surface area contributed by atoms with E-state index in [0.29, 0.717) is 38.5 Å². The Morgan fingerprint density at radius 1 is 0.345 bits per heavy atom. The number of carbonyl (C=O) groups is 4. The number of aliphatic hydroxyl groups is 9. The average Bonchev–Trinajstić information content (AvgIpc) is 0.754. The maximum Gasteiger partial charge on any atom is 0.472 e. The summed E-state index contributed by atoms with van der Waals surface area (Å²) in [6.07, 6.45) is 24.9. The van der Waals surface area contributed by atoms with E-state index in [1.807, 2.05) is 0 Å². The van der Waals surface area contributed by atoms with Gasteiger partial charge in [0, 0.05) is 25.7 Å². The Balaban J connectivity index is 1.94. The smallest absolute Gasteiger partial charge is 0.463 e. The first-order chi connectivity index (χ1) is 54.7. The van der Waals surface area contributed by atoms with Crippen molar-refractivity contribution in [2.75, 3.05) is 26.4 Å². The fraction of sp³-hybridized carbons (Fsp3) is 0.908. The fourth-order valence-electron chi connectivity index (χ4n) is 14.7. The highest BCUT2D eigenvalue weighted by molar-refractivity contribution is 7.47. The molecule has 1 aliphatic carbocycles. The lowest BCUT2D eigenvalue weighted by atomic mass is 9.84. The molecule has 26 heteroatoms. The number of hydrogen-bond donors (Lipinski definition) is 10. The Hall–Kier alpha value is -3.05. The van der Waals surface area contributed by atoms with Crippen LogP contribution in [0.3, 0.4) is 0 Å². The van der Waals surface area contributed by atoms with Crippen molar-refractivity contribution in [3.63, 3.8) is 0 Å². The van der Waals surface area contributed by atoms with Crippen LogP contribution in [-0.2, 0) is 70.7 Å². The molecular weight excluding hydrogens is 1480 g/mol. The monoisotopic (exact) mass is 1640 g/mol. The zero-order valence-electron chi connectivity index (χ0n) is 70.2. The number of unbranched alkanes of at least 4 members (excludes halogenated alkanes) is 44. The Labute approximate surface area is 679 Å². The van der Waals surface area contributed by atoms with Crippen LogP contribution < -0.4 is 0 Å². The summed E-state index contributed by atoms with van der Waals surface area (Å²) in [7, 11) is -5.81. The van der Waals surface area contributed by atoms with Crippen LogP contribution in [-0.4, -0.2) is 205 Å². The van der Waals surface area contributed by atoms with Gasteiger partial charge in [-0.25, -0.2) is 4.57 Å². The quantitative estimate of drug-likeness (QED) is 0.00889. The highest BCUT2D eigenvalue weighted by Crippen LogP contribution is 2.49. The molecule has 0 aromatic heterocycles. The van der Waals surface area contributed by atoms with Crippen LogP contribution in [0.4, 0.5) is 0 Å². The standard InChI is InChI=1S/C87H159O25P/c1-5-9-13-17-21-25-29-33-34-38-42-45-49-53-57-61-72(91)106-67(64-103-70(89)59-55-51-47-43-39-35-30-26-22-18-14-10-6-2)65-105-113(101,102)112-85-83(110-86-80(99)76(95)74(93)68(63-88)107-86)79(98)78(97)82(109-73(92)62-58-54-50-46-41-37-32-28-24-20-16-12-8-4)84(85)111-87-81(100)77(96)75(94)69(108-87)66-104-71(90)60-56-52-48-44-40-36-31-27-23-19-15-11-7-3/h36-37,40-41,67-69,74-88,93-100H,5-35,38-39,42-66H2,1-4H3,(H,101,102)/b40-36-,41-37-. The summed E-state index contributed by atoms with van der Waals surface area (Å²) in [5, 5.41) is 102. The molecule has 18 unspecified atom stereocenters. The number of phosphoric ester groups is 1. The van der Waals surface area contributed by atoms with E-state index < -0.39 is 162 Å². The van der Waals surface area contributed by atoms with E-state index >= 15 is 0 Å². The number of allylic oxidation sites excluding steroid dienone is 4. The van der Waals surface area contributed by atoms with E-state index in [4.69, 9.17) is 46.9 Å². The van der Waals surface area contributed by atoms with Gasteiger partial charge in [0.2, 0.25) is 0 Å². The van der Waals surface area contributed by atoms with Crippen molar-refractivity contribution in [3.05, 3.63) is 24.3 Å². The third kappa shape index (κ3) is 47.5. The van der Waals surface area contributed by atoms with Gasteiger partial charge >= 0.3 is 31.7 Å². The number of aliphatic hydroxyl groups excluding tert-OH is 9. The minimum absolute atomic E-state index is 0.00728. The maximum absolute atomic E-state index is 14.9. The number of rotatable bonds is 72. The number of hydrogen-bond acceptors (Lipinski definition) is 24. The maximum atomic E-state index is 14.9. The second-order valence-corrected chi connectivity index (χ2v) is 33.5. The first-order valence-electron chi connectivity index (χ1n) is 45.1. The summed E-state index contributed by atoms with van der Waals surface area (Å²) in [5.74, 6) is -3.00. The summed E-state index contributed by atoms with van der Waals surface area (Å²) in [4.78, 5) is 66.3. The van der Waals surface area contributed by atoms with E-state index in [1.165, 1.54) is 161 Å². The number of esters is 4. The zero-order chi connectivity index (χ0) is 82.5. The van der Waals surface area contributed by atoms with Crippen LogP contribution in [0.2, 0.25) is 0 Å². The SMILES string of the molecule is CCCCCCCC/C=C\CCCCCC(=O)OCC1OC(OC2C(OC(=O)CCCCC/C=C\CCCCCCCC)C(O)C(O)C(OC3OC(CO)C(O)C(O)C3O)C2OP(=O)(O)OCC(COC(=O)CCCCCCCCCCCCCCC)OC(=O)CCCCCCCCCCCCCCCCC)C(O)C(O)C1O. The van der Waals surface area contributed by atoms with E-state index in [9.17, 15) is 74.6 Å². The molecular formula is C87H159O25P. The Morgan fingerprint density at radius 3 is 1.06 bits per heavy atom. The molecule has 2 aliphatic heterocycles. The fourth-order valence-corrected chi connectivity index (χ4v) is 15.7. The van der Waals surface area contributed by atoms with Crippen LogP contribution in [0.25, 0.3) is 0 Å². The van der Waals surface area contributed by atoms with Gasteiger partial charge in [-0.2, -0.15) is 0 Å². The van der Waals surface area contributed by atoms with Crippen LogP contribution in [0.15, 0.2) is 24.3 Å². The zero-order valence-corrected chi connectivity index (χ0v) is 71.1. The lowest BCUT2D eigenvalue weighted by molar-refractivity contribution is -0.360. The molecule has 113 heavy (non-hydrogen) atoms. The molecule has 3 rings (SSSR count). The molecule has 25 nitrogen and oxygen atoms in total. The van der Waals surface area contributed by atoms with E-state index in [1.54, 1.807) is 0 Å². The molecule has 0 spiro atoms. The van der Waals surface area contributed by atoms with E-state index in [-0.39, 0.29) is 32.1 Å². The van der Waals surface area contributed by atoms with Crippen molar-refractivity contribution in [2.24, 2.45) is 0 Å². The number of phosphoric acid groups is 1. The second-order valence-electron chi connectivity index (χ2n) is 32.1. The van der Waals surface area contributed by atoms with Crippen LogP contribution in [0.1, 0.15) is 374 Å². The summed E-state index contributed by atoms with van der Waals surface area (Å²) < 4.78 is 73.2. The molecule has 1 saturated carbocycles. The first-order valence-corrected chi connectivity index (χ1v) is 46.6. The highest BCUT2D eigenvalue weighted by atomic mass is 31.2. The topological polar surface area (TPSA) is 380 Å². The van der Waals surface area contributed by atoms with Crippen LogP contribution >= 0.6 is 7.82 Å². The summed E-state index contributed by atoms with van der Waals surface area (Å²) >= 11 is 0. The van der Waals surface area contributed by atoms with Gasteiger partial charge in [0.25, 0.3) is 0 Å². The van der Waals surface area contributed by atoms with Crippen molar-refractivity contribution in [2.45, 2.75) is 479 Å². The third-order valence-corrected chi connectivity index (χ3v) is 22.9. The molecule has 0 aromatic carbocycles. The van der Waals surface area contributed by atoms with Crippen molar-refractivity contribution < 1.29 is 122 Å². The molecule has 0 amide bonds. The Morgan fingerprint density at radius 2 is 0.664 bits per heavy atom. The van der Waals surface area contributed by atoms with Crippen molar-refractivity contribution >= 4 is 31.7 Å². The Bertz CT molecular complexity index is 2460. The number of ether oxygens (including phenoxy) is 8. The van der Waals surface area contributed by atoms with Crippen molar-refractivity contribution in [1.29, 1.82) is 0 Å². The average molecular weight is 1640 g/mol. The first kappa shape index (κ1) is 104. The largest absolute Gasteiger partial charge is 0.472 e. The van der Waals surface area contributed by atoms with Gasteiger partial charge in [-0.3, -0.25) is 28.2 Å². The molecule has 662 valence electrons. The van der Waals surface area contributed by atoms with E-state index in [0.717, 1.165) is 116 Å². The van der Waals surface area contributed by atoms with Gasteiger partial charge in [0.1, 0.15) is 92.6 Å². The van der Waals surface area contributed by atoms with Crippen LogP contribution in [0, 0.1) is 0 Å². The van der Waals surface area contributed by atoms with Gasteiger partial charge in [0.15, 0.2) is 24.8 Å². The predicted octanol–water partition coefficient (Wildman–Crippen LogP) is 15.8. The summed E-state index contributed by atoms with van der Waals surface area (Å²) in [6, 6.07) is 0. The lowest BCUT2D eigenvalue weighted by Gasteiger charge is -2.50. The lowest BCUT2D eigenvalue weighted by Crippen LogP contribution is -2.70. The molecule has 0 bridgehead atoms. The van der Waals surface area contributed by atoms with E-state index in [2.05, 4.69) is 52.0 Å². The predicted molar refractivity (Wildman–Crippen MR) is 435 cm³/mol. The molecule has 0 aromatic rings. The third-order valence-electron chi connectivity index (χ3n) is 21.9. The van der Waals surface area contributed by atoms with Gasteiger partial charge in [-0.15, -0.1) is 0 Å². The van der Waals surface area contributed by atoms with Crippen molar-refractivity contribution in [1.82, 2.24) is 0 Å². The molecule has 10 N–H and O–H groups in total. The highest BCUT2D eigenvalue weighted by Gasteiger charge is 2.60. The van der Waals surface area contributed by atoms with Gasteiger partial charge in [-0.05, 0) is 77.0 Å².